The van der Waals surface area contributed by atoms with Gasteiger partial charge in [-0.25, -0.2) is 4.68 Å². The van der Waals surface area contributed by atoms with Gasteiger partial charge in [0.15, 0.2) is 5.82 Å². The molecule has 1 aromatic carbocycles. The van der Waals surface area contributed by atoms with Crippen molar-refractivity contribution in [3.63, 3.8) is 0 Å². The molecule has 8 nitrogen and oxygen atoms in total. The molecule has 0 aliphatic carbocycles. The largest absolute Gasteiger partial charge is 0.339 e. The van der Waals surface area contributed by atoms with Crippen LogP contribution in [0.2, 0.25) is 5.02 Å². The molecule has 1 aliphatic heterocycles. The highest BCUT2D eigenvalue weighted by Gasteiger charge is 2.31. The Morgan fingerprint density at radius 1 is 1.33 bits per heavy atom. The van der Waals surface area contributed by atoms with Crippen molar-refractivity contribution in [3.05, 3.63) is 46.6 Å². The molecule has 1 fully saturated rings. The summed E-state index contributed by atoms with van der Waals surface area (Å²) in [7, 11) is 0. The van der Waals surface area contributed by atoms with Crippen LogP contribution in [-0.2, 0) is 6.54 Å². The molecule has 9 heteroatoms. The van der Waals surface area contributed by atoms with E-state index in [1.807, 2.05) is 31.2 Å². The predicted molar refractivity (Wildman–Crippen MR) is 87.0 cm³/mol. The number of benzene rings is 1. The van der Waals surface area contributed by atoms with E-state index in [-0.39, 0.29) is 5.92 Å². The van der Waals surface area contributed by atoms with Crippen LogP contribution in [0.15, 0.2) is 28.8 Å². The second kappa shape index (κ2) is 6.20. The summed E-state index contributed by atoms with van der Waals surface area (Å²) in [6.45, 7) is 3.95. The third-order valence-electron chi connectivity index (χ3n) is 4.15. The second-order valence-electron chi connectivity index (χ2n) is 5.84. The minimum absolute atomic E-state index is 0.205. The Morgan fingerprint density at radius 3 is 3.00 bits per heavy atom. The van der Waals surface area contributed by atoms with Crippen LogP contribution in [0, 0.1) is 6.92 Å². The minimum Gasteiger partial charge on any atom is -0.339 e. The molecule has 124 valence electrons. The van der Waals surface area contributed by atoms with Gasteiger partial charge >= 0.3 is 0 Å². The van der Waals surface area contributed by atoms with Gasteiger partial charge < -0.3 is 9.42 Å². The number of anilines is 1. The lowest BCUT2D eigenvalue weighted by molar-refractivity contribution is 0.356. The Morgan fingerprint density at radius 2 is 2.21 bits per heavy atom. The Hall–Kier alpha value is -2.48. The molecule has 1 unspecified atom stereocenters. The van der Waals surface area contributed by atoms with Crippen molar-refractivity contribution in [2.45, 2.75) is 25.8 Å². The zero-order valence-corrected chi connectivity index (χ0v) is 13.9. The van der Waals surface area contributed by atoms with Crippen LogP contribution in [0.3, 0.4) is 0 Å². The first-order chi connectivity index (χ1) is 11.7. The van der Waals surface area contributed by atoms with Gasteiger partial charge in [0.25, 0.3) is 0 Å². The molecule has 0 radical (unpaired) electrons. The van der Waals surface area contributed by atoms with Gasteiger partial charge in [0.05, 0.1) is 12.5 Å². The summed E-state index contributed by atoms with van der Waals surface area (Å²) >= 11 is 6.24. The van der Waals surface area contributed by atoms with Crippen LogP contribution in [0.5, 0.6) is 0 Å². The molecule has 0 spiro atoms. The molecule has 0 amide bonds. The third-order valence-corrected chi connectivity index (χ3v) is 4.52. The van der Waals surface area contributed by atoms with E-state index in [2.05, 4.69) is 30.6 Å². The maximum atomic E-state index is 6.24. The highest BCUT2D eigenvalue weighted by atomic mass is 35.5. The lowest BCUT2D eigenvalue weighted by Gasteiger charge is -2.16. The molecule has 3 heterocycles. The van der Waals surface area contributed by atoms with Crippen molar-refractivity contribution < 1.29 is 4.52 Å². The monoisotopic (exact) mass is 345 g/mol. The molecule has 1 atom stereocenters. The first-order valence-electron chi connectivity index (χ1n) is 7.75. The van der Waals surface area contributed by atoms with Gasteiger partial charge in [-0.2, -0.15) is 4.98 Å². The number of hydrogen-bond donors (Lipinski definition) is 0. The van der Waals surface area contributed by atoms with Gasteiger partial charge in [-0.15, -0.1) is 0 Å². The second-order valence-corrected chi connectivity index (χ2v) is 6.25. The van der Waals surface area contributed by atoms with Crippen molar-refractivity contribution in [2.24, 2.45) is 0 Å². The molecular formula is C15H16ClN7O. The van der Waals surface area contributed by atoms with E-state index in [9.17, 15) is 0 Å². The normalized spacial score (nSPS) is 17.6. The molecule has 1 saturated heterocycles. The van der Waals surface area contributed by atoms with Crippen molar-refractivity contribution in [1.82, 2.24) is 30.3 Å². The number of nitrogens with zero attached hydrogens (tertiary/aromatic N) is 7. The zero-order chi connectivity index (χ0) is 16.5. The molecular weight excluding hydrogens is 330 g/mol. The van der Waals surface area contributed by atoms with E-state index in [1.54, 1.807) is 4.68 Å². The maximum Gasteiger partial charge on any atom is 0.245 e. The molecule has 24 heavy (non-hydrogen) atoms. The van der Waals surface area contributed by atoms with E-state index in [4.69, 9.17) is 16.1 Å². The number of tetrazole rings is 1. The van der Waals surface area contributed by atoms with Crippen molar-refractivity contribution in [2.75, 3.05) is 18.0 Å². The summed E-state index contributed by atoms with van der Waals surface area (Å²) in [6.07, 6.45) is 0.931. The van der Waals surface area contributed by atoms with Gasteiger partial charge in [0, 0.05) is 18.1 Å². The van der Waals surface area contributed by atoms with Gasteiger partial charge in [-0.05, 0) is 35.4 Å². The smallest absolute Gasteiger partial charge is 0.245 e. The molecule has 0 bridgehead atoms. The number of aromatic nitrogens is 6. The highest BCUT2D eigenvalue weighted by Crippen LogP contribution is 2.29. The Bertz CT molecular complexity index is 846. The summed E-state index contributed by atoms with van der Waals surface area (Å²) in [5.74, 6) is 2.28. The molecule has 0 N–H and O–H groups in total. The lowest BCUT2D eigenvalue weighted by Crippen LogP contribution is -2.24. The van der Waals surface area contributed by atoms with Gasteiger partial charge in [0.2, 0.25) is 11.8 Å². The Balaban J connectivity index is 1.52. The van der Waals surface area contributed by atoms with E-state index in [1.165, 1.54) is 0 Å². The van der Waals surface area contributed by atoms with Gasteiger partial charge in [-0.1, -0.05) is 40.1 Å². The fraction of sp³-hybridized carbons (Fsp3) is 0.400. The van der Waals surface area contributed by atoms with Crippen LogP contribution < -0.4 is 4.90 Å². The Kier molecular flexibility index (Phi) is 3.89. The lowest BCUT2D eigenvalue weighted by atomic mass is 10.1. The topological polar surface area (TPSA) is 85.8 Å². The molecule has 4 rings (SSSR count). The number of rotatable bonds is 4. The maximum absolute atomic E-state index is 6.24. The molecule has 1 aliphatic rings. The average Bonchev–Trinajstić information content (AvgIpc) is 3.29. The van der Waals surface area contributed by atoms with Crippen LogP contribution in [-0.4, -0.2) is 43.4 Å². The summed E-state index contributed by atoms with van der Waals surface area (Å²) in [5.41, 5.74) is 0.982. The number of aryl methyl sites for hydroxylation is 1. The highest BCUT2D eigenvalue weighted by molar-refractivity contribution is 6.31. The van der Waals surface area contributed by atoms with E-state index in [0.29, 0.717) is 23.3 Å². The first-order valence-corrected chi connectivity index (χ1v) is 8.13. The van der Waals surface area contributed by atoms with Gasteiger partial charge in [-0.3, -0.25) is 0 Å². The third kappa shape index (κ3) is 2.84. The van der Waals surface area contributed by atoms with Gasteiger partial charge in [0.1, 0.15) is 0 Å². The average molecular weight is 346 g/mol. The fourth-order valence-electron chi connectivity index (χ4n) is 2.94. The van der Waals surface area contributed by atoms with Crippen LogP contribution in [0.25, 0.3) is 0 Å². The van der Waals surface area contributed by atoms with E-state index < -0.39 is 0 Å². The minimum atomic E-state index is 0.205. The summed E-state index contributed by atoms with van der Waals surface area (Å²) in [4.78, 5) is 6.47. The van der Waals surface area contributed by atoms with Crippen LogP contribution >= 0.6 is 11.6 Å². The van der Waals surface area contributed by atoms with Crippen molar-refractivity contribution in [3.8, 4) is 0 Å². The summed E-state index contributed by atoms with van der Waals surface area (Å²) in [5, 5.41) is 16.7. The van der Waals surface area contributed by atoms with E-state index >= 15 is 0 Å². The van der Waals surface area contributed by atoms with E-state index in [0.717, 1.165) is 31.0 Å². The van der Waals surface area contributed by atoms with Crippen LogP contribution in [0.1, 0.15) is 29.6 Å². The SMILES string of the molecule is Cc1noc(C2CCN(c3nnnn3Cc3ccccc3Cl)C2)n1. The predicted octanol–water partition coefficient (Wildman–Crippen LogP) is 2.06. The molecule has 3 aromatic rings. The fourth-order valence-corrected chi connectivity index (χ4v) is 3.13. The first kappa shape index (κ1) is 15.1. The summed E-state index contributed by atoms with van der Waals surface area (Å²) < 4.78 is 7.06. The number of halogens is 1. The Labute approximate surface area is 143 Å². The number of hydrogen-bond acceptors (Lipinski definition) is 7. The molecule has 0 saturated carbocycles. The zero-order valence-electron chi connectivity index (χ0n) is 13.1. The summed E-state index contributed by atoms with van der Waals surface area (Å²) in [6, 6.07) is 7.70. The quantitative estimate of drug-likeness (QED) is 0.715. The van der Waals surface area contributed by atoms with Crippen molar-refractivity contribution in [1.29, 1.82) is 0 Å². The standard InChI is InChI=1S/C15H16ClN7O/c1-10-17-14(24-19-10)12-6-7-22(8-12)15-18-20-21-23(15)9-11-4-2-3-5-13(11)16/h2-5,12H,6-9H2,1H3. The van der Waals surface area contributed by atoms with Crippen LogP contribution in [0.4, 0.5) is 5.95 Å². The van der Waals surface area contributed by atoms with Crippen molar-refractivity contribution >= 4 is 17.5 Å². The molecule has 2 aromatic heterocycles.